The highest BCUT2D eigenvalue weighted by Gasteiger charge is 2.11. The van der Waals surface area contributed by atoms with Crippen LogP contribution in [0.25, 0.3) is 0 Å². The van der Waals surface area contributed by atoms with E-state index >= 15 is 0 Å². The zero-order valence-corrected chi connectivity index (χ0v) is 12.0. The fourth-order valence-corrected chi connectivity index (χ4v) is 1.52. The number of rotatable bonds is 6. The Morgan fingerprint density at radius 2 is 2.06 bits per heavy atom. The molecule has 1 rings (SSSR count). The number of anilines is 1. The highest BCUT2D eigenvalue weighted by Crippen LogP contribution is 2.20. The smallest absolute Gasteiger partial charge is 0.219 e. The van der Waals surface area contributed by atoms with Crippen molar-refractivity contribution in [1.29, 1.82) is 0 Å². The number of aromatic nitrogens is 2. The first-order chi connectivity index (χ1) is 8.06. The third-order valence-corrected chi connectivity index (χ3v) is 3.02. The Bertz CT molecular complexity index is 358. The number of hydrogen-bond acceptors (Lipinski definition) is 5. The molecule has 0 saturated heterocycles. The highest BCUT2D eigenvalue weighted by atomic mass is 32.2. The summed E-state index contributed by atoms with van der Waals surface area (Å²) in [6.45, 7) is 9.19. The van der Waals surface area contributed by atoms with Crippen LogP contribution in [-0.4, -0.2) is 28.9 Å². The van der Waals surface area contributed by atoms with Gasteiger partial charge in [0.05, 0.1) is 6.10 Å². The first kappa shape index (κ1) is 14.1. The van der Waals surface area contributed by atoms with Gasteiger partial charge >= 0.3 is 0 Å². The predicted octanol–water partition coefficient (Wildman–Crippen LogP) is 3.05. The topological polar surface area (TPSA) is 47.0 Å². The largest absolute Gasteiger partial charge is 0.474 e. The normalized spacial score (nSPS) is 12.6. The lowest BCUT2D eigenvalue weighted by Gasteiger charge is -2.18. The Balaban J connectivity index is 2.86. The molecule has 4 nitrogen and oxygen atoms in total. The van der Waals surface area contributed by atoms with E-state index in [9.17, 15) is 0 Å². The summed E-state index contributed by atoms with van der Waals surface area (Å²) >= 11 is 1.52. The molecule has 0 fully saturated rings. The van der Waals surface area contributed by atoms with E-state index < -0.39 is 0 Å². The average Bonchev–Trinajstić information content (AvgIpc) is 2.28. The molecule has 0 spiro atoms. The van der Waals surface area contributed by atoms with E-state index in [1.54, 1.807) is 0 Å². The van der Waals surface area contributed by atoms with Gasteiger partial charge in [-0.05, 0) is 26.0 Å². The van der Waals surface area contributed by atoms with Gasteiger partial charge in [0.1, 0.15) is 5.82 Å². The van der Waals surface area contributed by atoms with Crippen LogP contribution in [-0.2, 0) is 0 Å². The highest BCUT2D eigenvalue weighted by molar-refractivity contribution is 7.98. The Kier molecular flexibility index (Phi) is 5.55. The lowest BCUT2D eigenvalue weighted by Crippen LogP contribution is -2.19. The molecule has 1 heterocycles. The summed E-state index contributed by atoms with van der Waals surface area (Å²) in [6.07, 6.45) is 2.11. The maximum atomic E-state index is 5.80. The minimum atomic E-state index is 0.147. The van der Waals surface area contributed by atoms with E-state index in [2.05, 4.69) is 36.1 Å². The summed E-state index contributed by atoms with van der Waals surface area (Å²) < 4.78 is 5.80. The zero-order valence-electron chi connectivity index (χ0n) is 11.2. The molecule has 1 N–H and O–H groups in total. The van der Waals surface area contributed by atoms with Gasteiger partial charge in [0.2, 0.25) is 5.88 Å². The molecule has 96 valence electrons. The van der Waals surface area contributed by atoms with Crippen LogP contribution in [0.1, 0.15) is 27.7 Å². The lowest BCUT2D eigenvalue weighted by molar-refractivity contribution is 0.162. The summed E-state index contributed by atoms with van der Waals surface area (Å²) in [5.74, 6) is 1.92. The van der Waals surface area contributed by atoms with E-state index in [4.69, 9.17) is 4.74 Å². The van der Waals surface area contributed by atoms with E-state index in [0.717, 1.165) is 17.5 Å². The molecule has 1 aromatic heterocycles. The van der Waals surface area contributed by atoms with Gasteiger partial charge in [-0.2, -0.15) is 4.98 Å². The van der Waals surface area contributed by atoms with Crippen LogP contribution in [0.2, 0.25) is 0 Å². The third kappa shape index (κ3) is 4.42. The number of nitrogens with zero attached hydrogens (tertiary/aromatic N) is 2. The second kappa shape index (κ2) is 6.69. The van der Waals surface area contributed by atoms with Crippen LogP contribution >= 0.6 is 11.8 Å². The monoisotopic (exact) mass is 255 g/mol. The molecule has 17 heavy (non-hydrogen) atoms. The van der Waals surface area contributed by atoms with Crippen LogP contribution in [0.15, 0.2) is 11.2 Å². The second-order valence-electron chi connectivity index (χ2n) is 4.18. The zero-order chi connectivity index (χ0) is 12.8. The molecule has 1 unspecified atom stereocenters. The van der Waals surface area contributed by atoms with Gasteiger partial charge < -0.3 is 10.1 Å². The van der Waals surface area contributed by atoms with Crippen molar-refractivity contribution in [2.45, 2.75) is 39.0 Å². The predicted molar refractivity (Wildman–Crippen MR) is 72.9 cm³/mol. The summed E-state index contributed by atoms with van der Waals surface area (Å²) in [5, 5.41) is 3.91. The SMILES string of the molecule is CCNc1cc(OC(C)C(C)C)nc(SC)n1. The van der Waals surface area contributed by atoms with E-state index in [0.29, 0.717) is 11.8 Å². The molecule has 0 amide bonds. The number of thioether (sulfide) groups is 1. The van der Waals surface area contributed by atoms with E-state index in [1.807, 2.05) is 19.2 Å². The van der Waals surface area contributed by atoms with Crippen LogP contribution in [0.5, 0.6) is 5.88 Å². The maximum Gasteiger partial charge on any atom is 0.219 e. The molecule has 0 aliphatic carbocycles. The molecular formula is C12H21N3OS. The summed E-state index contributed by atoms with van der Waals surface area (Å²) in [4.78, 5) is 8.70. The van der Waals surface area contributed by atoms with Crippen molar-refractivity contribution >= 4 is 17.6 Å². The number of ether oxygens (including phenoxy) is 1. The van der Waals surface area contributed by atoms with Crippen LogP contribution < -0.4 is 10.1 Å². The van der Waals surface area contributed by atoms with E-state index in [-0.39, 0.29) is 6.10 Å². The molecule has 5 heteroatoms. The Morgan fingerprint density at radius 1 is 1.35 bits per heavy atom. The third-order valence-electron chi connectivity index (χ3n) is 2.47. The Morgan fingerprint density at radius 3 is 2.59 bits per heavy atom. The van der Waals surface area contributed by atoms with Crippen molar-refractivity contribution in [2.75, 3.05) is 18.1 Å². The van der Waals surface area contributed by atoms with Gasteiger partial charge in [-0.25, -0.2) is 4.98 Å². The quantitative estimate of drug-likeness (QED) is 0.625. The van der Waals surface area contributed by atoms with Gasteiger partial charge in [-0.15, -0.1) is 0 Å². The number of hydrogen-bond donors (Lipinski definition) is 1. The molecule has 0 aliphatic heterocycles. The summed E-state index contributed by atoms with van der Waals surface area (Å²) in [6, 6.07) is 1.85. The first-order valence-electron chi connectivity index (χ1n) is 5.90. The van der Waals surface area contributed by atoms with Gasteiger partial charge in [-0.3, -0.25) is 0 Å². The van der Waals surface area contributed by atoms with Gasteiger partial charge in [0, 0.05) is 12.6 Å². The minimum absolute atomic E-state index is 0.147. The fourth-order valence-electron chi connectivity index (χ4n) is 1.15. The molecule has 0 bridgehead atoms. The standard InChI is InChI=1S/C12H21N3OS/c1-6-13-10-7-11(15-12(14-10)17-5)16-9(4)8(2)3/h7-9H,6H2,1-5H3,(H,13,14,15). The molecule has 0 aliphatic rings. The van der Waals surface area contributed by atoms with Crippen molar-refractivity contribution < 1.29 is 4.74 Å². The van der Waals surface area contributed by atoms with Crippen molar-refractivity contribution in [2.24, 2.45) is 5.92 Å². The number of nitrogens with one attached hydrogen (secondary N) is 1. The van der Waals surface area contributed by atoms with Crippen molar-refractivity contribution in [3.8, 4) is 5.88 Å². The van der Waals surface area contributed by atoms with Gasteiger partial charge in [0.25, 0.3) is 0 Å². The first-order valence-corrected chi connectivity index (χ1v) is 7.12. The maximum absolute atomic E-state index is 5.80. The van der Waals surface area contributed by atoms with E-state index in [1.165, 1.54) is 11.8 Å². The second-order valence-corrected chi connectivity index (χ2v) is 4.95. The molecule has 0 saturated carbocycles. The molecule has 0 radical (unpaired) electrons. The van der Waals surface area contributed by atoms with Crippen molar-refractivity contribution in [3.63, 3.8) is 0 Å². The van der Waals surface area contributed by atoms with Gasteiger partial charge in [-0.1, -0.05) is 25.6 Å². The lowest BCUT2D eigenvalue weighted by atomic mass is 10.1. The van der Waals surface area contributed by atoms with Crippen molar-refractivity contribution in [1.82, 2.24) is 9.97 Å². The average molecular weight is 255 g/mol. The molecule has 0 aromatic carbocycles. The van der Waals surface area contributed by atoms with Crippen LogP contribution in [0.4, 0.5) is 5.82 Å². The fraction of sp³-hybridized carbons (Fsp3) is 0.667. The van der Waals surface area contributed by atoms with Crippen LogP contribution in [0.3, 0.4) is 0 Å². The Labute approximate surface area is 108 Å². The Hall–Kier alpha value is -0.970. The minimum Gasteiger partial charge on any atom is -0.474 e. The van der Waals surface area contributed by atoms with Gasteiger partial charge in [0.15, 0.2) is 5.16 Å². The summed E-state index contributed by atoms with van der Waals surface area (Å²) in [7, 11) is 0. The molecule has 1 aromatic rings. The van der Waals surface area contributed by atoms with Crippen LogP contribution in [0, 0.1) is 5.92 Å². The van der Waals surface area contributed by atoms with Crippen molar-refractivity contribution in [3.05, 3.63) is 6.07 Å². The molecular weight excluding hydrogens is 234 g/mol. The molecule has 1 atom stereocenters. The summed E-state index contributed by atoms with van der Waals surface area (Å²) in [5.41, 5.74) is 0.